The number of hydrogen-bond donors (Lipinski definition) is 1. The van der Waals surface area contributed by atoms with E-state index in [0.29, 0.717) is 12.1 Å². The number of carbonyl (C=O) groups excluding carboxylic acids is 1. The summed E-state index contributed by atoms with van der Waals surface area (Å²) in [4.78, 5) is 16.6. The van der Waals surface area contributed by atoms with Gasteiger partial charge in [-0.05, 0) is 44.0 Å². The minimum atomic E-state index is -3.42. The lowest BCUT2D eigenvalue weighted by Gasteiger charge is -2.14. The summed E-state index contributed by atoms with van der Waals surface area (Å²) < 4.78 is 24.0. The molecule has 0 aliphatic carbocycles. The molecule has 1 heterocycles. The van der Waals surface area contributed by atoms with Gasteiger partial charge in [0.15, 0.2) is 9.84 Å². The van der Waals surface area contributed by atoms with E-state index in [-0.39, 0.29) is 5.75 Å². The Balaban J connectivity index is 2.32. The smallest absolute Gasteiger partial charge is 0.242 e. The largest absolute Gasteiger partial charge is 0.324 e. The normalized spacial score (nSPS) is 13.0. The van der Waals surface area contributed by atoms with E-state index in [1.807, 2.05) is 19.1 Å². The van der Waals surface area contributed by atoms with Crippen LogP contribution in [0.5, 0.6) is 0 Å². The molecule has 0 spiro atoms. The number of rotatable bonds is 5. The number of nitrogens with one attached hydrogen (secondary N) is 1. The van der Waals surface area contributed by atoms with Gasteiger partial charge in [0.05, 0.1) is 17.0 Å². The number of aromatic nitrogens is 1. The third kappa shape index (κ3) is 3.27. The van der Waals surface area contributed by atoms with Gasteiger partial charge in [-0.25, -0.2) is 8.42 Å². The number of fused-ring (bicyclic) bond motifs is 1. The predicted octanol–water partition coefficient (Wildman–Crippen LogP) is 2.70. The maximum absolute atomic E-state index is 12.3. The Kier molecular flexibility index (Phi) is 4.81. The predicted molar refractivity (Wildman–Crippen MR) is 88.6 cm³/mol. The van der Waals surface area contributed by atoms with E-state index in [1.165, 1.54) is 6.92 Å². The van der Waals surface area contributed by atoms with Gasteiger partial charge in [0.2, 0.25) is 5.91 Å². The zero-order chi connectivity index (χ0) is 16.3. The van der Waals surface area contributed by atoms with Crippen molar-refractivity contribution >= 4 is 32.3 Å². The standard InChI is InChI=1S/C16H20N2O3S/c1-4-10-22(20,21)12(3)16(19)18-14-8-7-11(2)15-13(14)6-5-9-17-15/h5-9,12H,4,10H2,1-3H3,(H,18,19). The van der Waals surface area contributed by atoms with Crippen molar-refractivity contribution < 1.29 is 13.2 Å². The van der Waals surface area contributed by atoms with Crippen LogP contribution in [0.2, 0.25) is 0 Å². The fraction of sp³-hybridized carbons (Fsp3) is 0.375. The molecule has 0 aliphatic heterocycles. The lowest BCUT2D eigenvalue weighted by molar-refractivity contribution is -0.115. The van der Waals surface area contributed by atoms with Crippen LogP contribution in [0.1, 0.15) is 25.8 Å². The Morgan fingerprint density at radius 2 is 2.05 bits per heavy atom. The first-order valence-corrected chi connectivity index (χ1v) is 8.95. The first-order chi connectivity index (χ1) is 10.4. The molecule has 1 aromatic carbocycles. The highest BCUT2D eigenvalue weighted by atomic mass is 32.2. The van der Waals surface area contributed by atoms with Crippen LogP contribution in [0.3, 0.4) is 0 Å². The summed E-state index contributed by atoms with van der Waals surface area (Å²) in [6.45, 7) is 5.14. The molecule has 22 heavy (non-hydrogen) atoms. The minimum absolute atomic E-state index is 0.0117. The average Bonchev–Trinajstić information content (AvgIpc) is 2.49. The van der Waals surface area contributed by atoms with Gasteiger partial charge < -0.3 is 5.32 Å². The van der Waals surface area contributed by atoms with Crippen LogP contribution in [0.15, 0.2) is 30.5 Å². The van der Waals surface area contributed by atoms with E-state index < -0.39 is 21.0 Å². The van der Waals surface area contributed by atoms with Gasteiger partial charge in [-0.1, -0.05) is 13.0 Å². The molecule has 0 aliphatic rings. The summed E-state index contributed by atoms with van der Waals surface area (Å²) in [5.74, 6) is -0.500. The topological polar surface area (TPSA) is 76.1 Å². The lowest BCUT2D eigenvalue weighted by Crippen LogP contribution is -2.34. The molecule has 0 radical (unpaired) electrons. The van der Waals surface area contributed by atoms with E-state index in [9.17, 15) is 13.2 Å². The van der Waals surface area contributed by atoms with Crippen molar-refractivity contribution in [2.24, 2.45) is 0 Å². The van der Waals surface area contributed by atoms with Gasteiger partial charge in [-0.3, -0.25) is 9.78 Å². The number of pyridine rings is 1. The number of amides is 1. The molecule has 0 saturated heterocycles. The zero-order valence-electron chi connectivity index (χ0n) is 13.0. The fourth-order valence-corrected chi connectivity index (χ4v) is 3.59. The van der Waals surface area contributed by atoms with E-state index in [4.69, 9.17) is 0 Å². The second-order valence-electron chi connectivity index (χ2n) is 5.33. The summed E-state index contributed by atoms with van der Waals surface area (Å²) >= 11 is 0. The number of aryl methyl sites for hydroxylation is 1. The molecule has 118 valence electrons. The van der Waals surface area contributed by atoms with E-state index in [1.54, 1.807) is 25.3 Å². The van der Waals surface area contributed by atoms with Gasteiger partial charge in [0.25, 0.3) is 0 Å². The van der Waals surface area contributed by atoms with Gasteiger partial charge in [0, 0.05) is 11.6 Å². The van der Waals surface area contributed by atoms with Crippen LogP contribution >= 0.6 is 0 Å². The van der Waals surface area contributed by atoms with E-state index >= 15 is 0 Å². The summed E-state index contributed by atoms with van der Waals surface area (Å²) in [5.41, 5.74) is 2.38. The molecule has 0 fully saturated rings. The van der Waals surface area contributed by atoms with E-state index in [0.717, 1.165) is 16.5 Å². The summed E-state index contributed by atoms with van der Waals surface area (Å²) in [5, 5.41) is 2.45. The molecule has 2 rings (SSSR count). The Morgan fingerprint density at radius 1 is 1.32 bits per heavy atom. The molecule has 1 atom stereocenters. The molecule has 0 bridgehead atoms. The molecule has 5 nitrogen and oxygen atoms in total. The van der Waals surface area contributed by atoms with Gasteiger partial charge in [-0.15, -0.1) is 0 Å². The summed E-state index contributed by atoms with van der Waals surface area (Å²) in [6.07, 6.45) is 2.19. The van der Waals surface area contributed by atoms with Crippen molar-refractivity contribution in [1.29, 1.82) is 0 Å². The number of sulfone groups is 1. The molecule has 2 aromatic rings. The Hall–Kier alpha value is -1.95. The van der Waals surface area contributed by atoms with Crippen molar-refractivity contribution in [1.82, 2.24) is 4.98 Å². The van der Waals surface area contributed by atoms with Crippen LogP contribution in [0, 0.1) is 6.92 Å². The Labute approximate surface area is 130 Å². The number of benzene rings is 1. The molecule has 1 unspecified atom stereocenters. The van der Waals surface area contributed by atoms with Crippen molar-refractivity contribution in [2.75, 3.05) is 11.1 Å². The number of nitrogens with zero attached hydrogens (tertiary/aromatic N) is 1. The zero-order valence-corrected chi connectivity index (χ0v) is 13.8. The van der Waals surface area contributed by atoms with Gasteiger partial charge in [-0.2, -0.15) is 0 Å². The van der Waals surface area contributed by atoms with Crippen molar-refractivity contribution in [3.8, 4) is 0 Å². The maximum atomic E-state index is 12.3. The highest BCUT2D eigenvalue weighted by molar-refractivity contribution is 7.92. The fourth-order valence-electron chi connectivity index (χ4n) is 2.28. The van der Waals surface area contributed by atoms with Crippen molar-refractivity contribution in [3.05, 3.63) is 36.0 Å². The van der Waals surface area contributed by atoms with Gasteiger partial charge in [0.1, 0.15) is 5.25 Å². The molecule has 1 amide bonds. The van der Waals surface area contributed by atoms with E-state index in [2.05, 4.69) is 10.3 Å². The van der Waals surface area contributed by atoms with Crippen molar-refractivity contribution in [3.63, 3.8) is 0 Å². The Morgan fingerprint density at radius 3 is 2.73 bits per heavy atom. The van der Waals surface area contributed by atoms with Crippen LogP contribution in [0.25, 0.3) is 10.9 Å². The second-order valence-corrected chi connectivity index (χ2v) is 7.77. The molecule has 6 heteroatoms. The van der Waals surface area contributed by atoms with Crippen molar-refractivity contribution in [2.45, 2.75) is 32.4 Å². The third-order valence-corrected chi connectivity index (χ3v) is 5.89. The third-order valence-electron chi connectivity index (χ3n) is 3.63. The van der Waals surface area contributed by atoms with Crippen LogP contribution in [0.4, 0.5) is 5.69 Å². The quantitative estimate of drug-likeness (QED) is 0.919. The first kappa shape index (κ1) is 16.4. The number of carbonyl (C=O) groups is 1. The second kappa shape index (κ2) is 6.44. The highest BCUT2D eigenvalue weighted by Gasteiger charge is 2.27. The maximum Gasteiger partial charge on any atom is 0.242 e. The van der Waals surface area contributed by atoms with Crippen LogP contribution in [-0.2, 0) is 14.6 Å². The average molecular weight is 320 g/mol. The number of anilines is 1. The SMILES string of the molecule is CCCS(=O)(=O)C(C)C(=O)Nc1ccc(C)c2ncccc12. The summed E-state index contributed by atoms with van der Waals surface area (Å²) in [7, 11) is -3.42. The lowest BCUT2D eigenvalue weighted by atomic mass is 10.1. The molecule has 1 N–H and O–H groups in total. The minimum Gasteiger partial charge on any atom is -0.324 e. The Bertz CT molecular complexity index is 800. The summed E-state index contributed by atoms with van der Waals surface area (Å²) in [6, 6.07) is 7.28. The molecule has 1 aromatic heterocycles. The number of hydrogen-bond acceptors (Lipinski definition) is 4. The monoisotopic (exact) mass is 320 g/mol. The molecular weight excluding hydrogens is 300 g/mol. The van der Waals surface area contributed by atoms with Crippen LogP contribution in [-0.4, -0.2) is 30.3 Å². The van der Waals surface area contributed by atoms with Gasteiger partial charge >= 0.3 is 0 Å². The molecular formula is C16H20N2O3S. The van der Waals surface area contributed by atoms with Crippen LogP contribution < -0.4 is 5.32 Å². The highest BCUT2D eigenvalue weighted by Crippen LogP contribution is 2.25. The first-order valence-electron chi connectivity index (χ1n) is 7.23. The molecule has 0 saturated carbocycles.